The number of anilines is 1. The Morgan fingerprint density at radius 3 is 2.61 bits per heavy atom. The third-order valence-corrected chi connectivity index (χ3v) is 4.59. The van der Waals surface area contributed by atoms with Crippen LogP contribution in [0.5, 0.6) is 0 Å². The molecule has 2 aromatic rings. The van der Waals surface area contributed by atoms with Crippen LogP contribution in [0.4, 0.5) is 5.69 Å². The third kappa shape index (κ3) is 4.14. The van der Waals surface area contributed by atoms with E-state index in [2.05, 4.69) is 15.6 Å². The molecular weight excluding hydrogens is 356 g/mol. The van der Waals surface area contributed by atoms with Gasteiger partial charge < -0.3 is 20.3 Å². The molecular formula is C21H26N4O3. The standard InChI is InChI=1S/C21H26N4O3/c1-14(2)24-17-8-5-9-23-19(17)15-6-4-7-16(21(27)28-3)18(15)20(26)25-12-10-22-11-13-25/h4-9,14,22,24H,10-13H2,1-3H3. The Morgan fingerprint density at radius 2 is 1.93 bits per heavy atom. The van der Waals surface area contributed by atoms with E-state index >= 15 is 0 Å². The molecule has 7 nitrogen and oxygen atoms in total. The number of amides is 1. The molecule has 1 fully saturated rings. The highest BCUT2D eigenvalue weighted by Crippen LogP contribution is 2.32. The maximum absolute atomic E-state index is 13.4. The lowest BCUT2D eigenvalue weighted by Gasteiger charge is -2.29. The quantitative estimate of drug-likeness (QED) is 0.773. The second kappa shape index (κ2) is 8.84. The summed E-state index contributed by atoms with van der Waals surface area (Å²) >= 11 is 0. The van der Waals surface area contributed by atoms with E-state index in [-0.39, 0.29) is 17.5 Å². The molecule has 2 heterocycles. The predicted molar refractivity (Wildman–Crippen MR) is 109 cm³/mol. The van der Waals surface area contributed by atoms with Crippen LogP contribution in [-0.4, -0.2) is 61.1 Å². The summed E-state index contributed by atoms with van der Waals surface area (Å²) in [5, 5.41) is 6.61. The number of nitrogens with zero attached hydrogens (tertiary/aromatic N) is 2. The third-order valence-electron chi connectivity index (χ3n) is 4.59. The number of carbonyl (C=O) groups is 2. The van der Waals surface area contributed by atoms with Crippen LogP contribution in [0, 0.1) is 0 Å². The largest absolute Gasteiger partial charge is 0.465 e. The first-order valence-corrected chi connectivity index (χ1v) is 9.46. The topological polar surface area (TPSA) is 83.6 Å². The van der Waals surface area contributed by atoms with Gasteiger partial charge in [-0.25, -0.2) is 4.79 Å². The number of hydrogen-bond acceptors (Lipinski definition) is 6. The summed E-state index contributed by atoms with van der Waals surface area (Å²) < 4.78 is 4.94. The molecule has 1 aromatic heterocycles. The van der Waals surface area contributed by atoms with Gasteiger partial charge in [-0.2, -0.15) is 0 Å². The van der Waals surface area contributed by atoms with Crippen molar-refractivity contribution < 1.29 is 14.3 Å². The minimum absolute atomic E-state index is 0.182. The van der Waals surface area contributed by atoms with Crippen LogP contribution in [0.2, 0.25) is 0 Å². The van der Waals surface area contributed by atoms with Crippen molar-refractivity contribution in [3.05, 3.63) is 47.7 Å². The van der Waals surface area contributed by atoms with Crippen molar-refractivity contribution in [3.63, 3.8) is 0 Å². The SMILES string of the molecule is COC(=O)c1cccc(-c2ncccc2NC(C)C)c1C(=O)N1CCNCC1. The molecule has 148 valence electrons. The number of benzene rings is 1. The van der Waals surface area contributed by atoms with Crippen molar-refractivity contribution in [3.8, 4) is 11.3 Å². The molecule has 1 aliphatic rings. The number of aromatic nitrogens is 1. The van der Waals surface area contributed by atoms with Crippen molar-refractivity contribution in [1.29, 1.82) is 0 Å². The van der Waals surface area contributed by atoms with E-state index in [0.29, 0.717) is 29.9 Å². The van der Waals surface area contributed by atoms with E-state index < -0.39 is 5.97 Å². The summed E-state index contributed by atoms with van der Waals surface area (Å²) in [4.78, 5) is 32.1. The highest BCUT2D eigenvalue weighted by atomic mass is 16.5. The van der Waals surface area contributed by atoms with Crippen molar-refractivity contribution in [2.45, 2.75) is 19.9 Å². The van der Waals surface area contributed by atoms with Gasteiger partial charge in [0.1, 0.15) is 0 Å². The normalized spacial score (nSPS) is 14.1. The van der Waals surface area contributed by atoms with Gasteiger partial charge in [0.2, 0.25) is 0 Å². The minimum atomic E-state index is -0.533. The van der Waals surface area contributed by atoms with Crippen LogP contribution < -0.4 is 10.6 Å². The van der Waals surface area contributed by atoms with Gasteiger partial charge in [0, 0.05) is 44.0 Å². The molecule has 0 aliphatic carbocycles. The van der Waals surface area contributed by atoms with Crippen molar-refractivity contribution >= 4 is 17.6 Å². The van der Waals surface area contributed by atoms with Gasteiger partial charge in [-0.1, -0.05) is 12.1 Å². The van der Waals surface area contributed by atoms with Gasteiger partial charge in [-0.3, -0.25) is 9.78 Å². The number of hydrogen-bond donors (Lipinski definition) is 2. The highest BCUT2D eigenvalue weighted by molar-refractivity contribution is 6.10. The van der Waals surface area contributed by atoms with Crippen molar-refractivity contribution in [2.24, 2.45) is 0 Å². The summed E-state index contributed by atoms with van der Waals surface area (Å²) in [5.41, 5.74) is 2.66. The number of esters is 1. The molecule has 1 amide bonds. The average molecular weight is 382 g/mol. The summed E-state index contributed by atoms with van der Waals surface area (Å²) in [7, 11) is 1.32. The van der Waals surface area contributed by atoms with Gasteiger partial charge in [0.25, 0.3) is 5.91 Å². The molecule has 1 aromatic carbocycles. The fourth-order valence-electron chi connectivity index (χ4n) is 3.33. The lowest BCUT2D eigenvalue weighted by Crippen LogP contribution is -2.46. The highest BCUT2D eigenvalue weighted by Gasteiger charge is 2.28. The Balaban J connectivity index is 2.17. The summed E-state index contributed by atoms with van der Waals surface area (Å²) in [6, 6.07) is 9.17. The smallest absolute Gasteiger partial charge is 0.338 e. The molecule has 0 spiro atoms. The number of pyridine rings is 1. The van der Waals surface area contributed by atoms with Crippen LogP contribution in [0.1, 0.15) is 34.6 Å². The van der Waals surface area contributed by atoms with E-state index in [1.54, 1.807) is 23.2 Å². The number of methoxy groups -OCH3 is 1. The monoisotopic (exact) mass is 382 g/mol. The Morgan fingerprint density at radius 1 is 1.18 bits per heavy atom. The van der Waals surface area contributed by atoms with Crippen LogP contribution in [0.25, 0.3) is 11.3 Å². The number of rotatable bonds is 5. The summed E-state index contributed by atoms with van der Waals surface area (Å²) in [6.45, 7) is 6.71. The molecule has 28 heavy (non-hydrogen) atoms. The summed E-state index contributed by atoms with van der Waals surface area (Å²) in [6.07, 6.45) is 1.69. The molecule has 0 saturated carbocycles. The number of carbonyl (C=O) groups excluding carboxylic acids is 2. The van der Waals surface area contributed by atoms with Crippen molar-refractivity contribution in [1.82, 2.24) is 15.2 Å². The van der Waals surface area contributed by atoms with E-state index in [4.69, 9.17) is 4.74 Å². The Bertz CT molecular complexity index is 860. The van der Waals surface area contributed by atoms with Gasteiger partial charge in [0.15, 0.2) is 0 Å². The number of piperazine rings is 1. The molecule has 1 aliphatic heterocycles. The lowest BCUT2D eigenvalue weighted by molar-refractivity contribution is 0.0589. The molecule has 0 bridgehead atoms. The second-order valence-corrected chi connectivity index (χ2v) is 6.96. The van der Waals surface area contributed by atoms with Gasteiger partial charge in [0.05, 0.1) is 29.6 Å². The Hall–Kier alpha value is -2.93. The first-order valence-electron chi connectivity index (χ1n) is 9.46. The number of ether oxygens (including phenoxy) is 1. The van der Waals surface area contributed by atoms with Crippen LogP contribution in [0.15, 0.2) is 36.5 Å². The molecule has 0 atom stereocenters. The molecule has 2 N–H and O–H groups in total. The van der Waals surface area contributed by atoms with E-state index in [9.17, 15) is 9.59 Å². The zero-order chi connectivity index (χ0) is 20.1. The first kappa shape index (κ1) is 19.8. The molecule has 7 heteroatoms. The molecule has 1 saturated heterocycles. The zero-order valence-electron chi connectivity index (χ0n) is 16.5. The fraction of sp³-hybridized carbons (Fsp3) is 0.381. The molecule has 0 radical (unpaired) electrons. The number of nitrogens with one attached hydrogen (secondary N) is 2. The minimum Gasteiger partial charge on any atom is -0.465 e. The fourth-order valence-corrected chi connectivity index (χ4v) is 3.33. The van der Waals surface area contributed by atoms with Crippen LogP contribution >= 0.6 is 0 Å². The van der Waals surface area contributed by atoms with E-state index in [1.165, 1.54) is 7.11 Å². The van der Waals surface area contributed by atoms with Gasteiger partial charge in [-0.15, -0.1) is 0 Å². The molecule has 0 unspecified atom stereocenters. The Labute approximate surface area is 165 Å². The van der Waals surface area contributed by atoms with Gasteiger partial charge in [-0.05, 0) is 32.0 Å². The van der Waals surface area contributed by atoms with Crippen LogP contribution in [-0.2, 0) is 4.74 Å². The summed E-state index contributed by atoms with van der Waals surface area (Å²) in [5.74, 6) is -0.715. The van der Waals surface area contributed by atoms with Crippen LogP contribution in [0.3, 0.4) is 0 Å². The molecule has 3 rings (SSSR count). The first-order chi connectivity index (χ1) is 13.5. The van der Waals surface area contributed by atoms with E-state index in [1.807, 2.05) is 32.0 Å². The van der Waals surface area contributed by atoms with Gasteiger partial charge >= 0.3 is 5.97 Å². The zero-order valence-corrected chi connectivity index (χ0v) is 16.5. The average Bonchev–Trinajstić information content (AvgIpc) is 2.72. The lowest BCUT2D eigenvalue weighted by atomic mass is 9.95. The maximum atomic E-state index is 13.4. The Kier molecular flexibility index (Phi) is 6.26. The maximum Gasteiger partial charge on any atom is 0.338 e. The van der Waals surface area contributed by atoms with E-state index in [0.717, 1.165) is 18.8 Å². The second-order valence-electron chi connectivity index (χ2n) is 6.96. The van der Waals surface area contributed by atoms with Crippen molar-refractivity contribution in [2.75, 3.05) is 38.6 Å². The predicted octanol–water partition coefficient (Wildman–Crippen LogP) is 2.40.